The SMILES string of the molecule is Nc1ccc(C2CCN(c3ccc(CN4CCC(O)(c5ccc6c(c5)CN(C5CCC(=O)NC5=O)C6=O)CC4)cc3)CC2)cn1. The molecular weight excluding hydrogens is 568 g/mol. The molecule has 4 aliphatic heterocycles. The third kappa shape index (κ3) is 5.92. The zero-order valence-corrected chi connectivity index (χ0v) is 25.5. The summed E-state index contributed by atoms with van der Waals surface area (Å²) < 4.78 is 0. The summed E-state index contributed by atoms with van der Waals surface area (Å²) in [7, 11) is 0. The van der Waals surface area contributed by atoms with Gasteiger partial charge in [0.25, 0.3) is 5.91 Å². The summed E-state index contributed by atoms with van der Waals surface area (Å²) in [6.07, 6.45) is 5.89. The molecule has 1 unspecified atom stereocenters. The molecule has 3 saturated heterocycles. The van der Waals surface area contributed by atoms with Crippen molar-refractivity contribution < 1.29 is 19.5 Å². The fraction of sp³-hybridized carbons (Fsp3) is 0.429. The number of benzene rings is 2. The Morgan fingerprint density at radius 2 is 1.69 bits per heavy atom. The van der Waals surface area contributed by atoms with Gasteiger partial charge in [-0.3, -0.25) is 24.6 Å². The van der Waals surface area contributed by atoms with Crippen molar-refractivity contribution in [2.24, 2.45) is 0 Å². The van der Waals surface area contributed by atoms with Crippen molar-refractivity contribution in [3.8, 4) is 0 Å². The second-order valence-electron chi connectivity index (χ2n) is 13.0. The molecule has 1 atom stereocenters. The molecule has 0 spiro atoms. The van der Waals surface area contributed by atoms with Crippen molar-refractivity contribution in [3.63, 3.8) is 0 Å². The molecule has 45 heavy (non-hydrogen) atoms. The number of aromatic nitrogens is 1. The monoisotopic (exact) mass is 608 g/mol. The van der Waals surface area contributed by atoms with Crippen LogP contribution in [-0.2, 0) is 28.3 Å². The van der Waals surface area contributed by atoms with Crippen molar-refractivity contribution >= 4 is 29.2 Å². The summed E-state index contributed by atoms with van der Waals surface area (Å²) in [5, 5.41) is 14.0. The van der Waals surface area contributed by atoms with Gasteiger partial charge in [-0.1, -0.05) is 30.3 Å². The van der Waals surface area contributed by atoms with E-state index in [9.17, 15) is 19.5 Å². The Morgan fingerprint density at radius 1 is 0.933 bits per heavy atom. The van der Waals surface area contributed by atoms with Gasteiger partial charge in [0.05, 0.1) is 5.60 Å². The average Bonchev–Trinajstić information content (AvgIpc) is 3.38. The van der Waals surface area contributed by atoms with Crippen LogP contribution in [0.2, 0.25) is 0 Å². The van der Waals surface area contributed by atoms with Gasteiger partial charge < -0.3 is 20.6 Å². The fourth-order valence-electron chi connectivity index (χ4n) is 7.43. The van der Waals surface area contributed by atoms with Gasteiger partial charge in [0, 0.05) is 63.1 Å². The third-order valence-corrected chi connectivity index (χ3v) is 10.2. The second kappa shape index (κ2) is 11.9. The number of nitrogens with two attached hydrogens (primary N) is 1. The van der Waals surface area contributed by atoms with E-state index in [-0.39, 0.29) is 18.2 Å². The van der Waals surface area contributed by atoms with Crippen LogP contribution >= 0.6 is 0 Å². The third-order valence-electron chi connectivity index (χ3n) is 10.2. The lowest BCUT2D eigenvalue weighted by Gasteiger charge is -2.39. The number of nitrogens with one attached hydrogen (secondary N) is 1. The van der Waals surface area contributed by atoms with Crippen molar-refractivity contribution in [2.75, 3.05) is 36.8 Å². The second-order valence-corrected chi connectivity index (χ2v) is 13.0. The minimum Gasteiger partial charge on any atom is -0.385 e. The van der Waals surface area contributed by atoms with Gasteiger partial charge in [0.2, 0.25) is 11.8 Å². The maximum atomic E-state index is 13.1. The van der Waals surface area contributed by atoms with E-state index in [1.807, 2.05) is 24.4 Å². The molecule has 10 heteroatoms. The molecule has 234 valence electrons. The van der Waals surface area contributed by atoms with E-state index in [0.29, 0.717) is 43.1 Å². The molecule has 0 bridgehead atoms. The average molecular weight is 609 g/mol. The smallest absolute Gasteiger partial charge is 0.255 e. The lowest BCUT2D eigenvalue weighted by Crippen LogP contribution is -2.52. The summed E-state index contributed by atoms with van der Waals surface area (Å²) in [4.78, 5) is 47.7. The quantitative estimate of drug-likeness (QED) is 0.364. The minimum absolute atomic E-state index is 0.195. The number of fused-ring (bicyclic) bond motifs is 1. The van der Waals surface area contributed by atoms with E-state index in [1.54, 1.807) is 11.0 Å². The molecule has 7 rings (SSSR count). The van der Waals surface area contributed by atoms with Crippen molar-refractivity contribution in [2.45, 2.75) is 69.2 Å². The van der Waals surface area contributed by atoms with E-state index in [1.165, 1.54) is 16.8 Å². The predicted molar refractivity (Wildman–Crippen MR) is 170 cm³/mol. The minimum atomic E-state index is -0.963. The van der Waals surface area contributed by atoms with Crippen molar-refractivity contribution in [3.05, 3.63) is 88.6 Å². The standard InChI is InChI=1S/C35H40N6O4/c36-31-9-3-25(20-37-31)24-11-15-40(16-12-24)28-5-1-23(2-6-28)21-39-17-13-35(45,14-18-39)27-4-7-29-26(19-27)22-41(34(29)44)30-8-10-32(42)38-33(30)43/h1-7,9,19-20,24,30,45H,8,10-18,21-22H2,(H2,36,37)(H,38,42,43). The summed E-state index contributed by atoms with van der Waals surface area (Å²) in [6, 6.07) is 17.8. The maximum absolute atomic E-state index is 13.1. The Kier molecular flexibility index (Phi) is 7.79. The number of aliphatic hydroxyl groups is 1. The number of nitrogen functional groups attached to an aromatic ring is 1. The van der Waals surface area contributed by atoms with Gasteiger partial charge in [-0.25, -0.2) is 4.98 Å². The number of hydrogen-bond donors (Lipinski definition) is 3. The van der Waals surface area contributed by atoms with E-state index in [4.69, 9.17) is 5.73 Å². The van der Waals surface area contributed by atoms with Crippen LogP contribution in [0.15, 0.2) is 60.8 Å². The highest BCUT2D eigenvalue weighted by Crippen LogP contribution is 2.37. The number of imide groups is 1. The lowest BCUT2D eigenvalue weighted by atomic mass is 9.83. The summed E-state index contributed by atoms with van der Waals surface area (Å²) >= 11 is 0. The van der Waals surface area contributed by atoms with E-state index < -0.39 is 17.6 Å². The van der Waals surface area contributed by atoms with Crippen molar-refractivity contribution in [1.82, 2.24) is 20.1 Å². The molecule has 4 N–H and O–H groups in total. The molecule has 4 aliphatic rings. The highest BCUT2D eigenvalue weighted by molar-refractivity contribution is 6.05. The molecule has 3 fully saturated rings. The largest absolute Gasteiger partial charge is 0.385 e. The van der Waals surface area contributed by atoms with Gasteiger partial charge >= 0.3 is 0 Å². The number of rotatable bonds is 6. The molecule has 10 nitrogen and oxygen atoms in total. The Hall–Kier alpha value is -4.28. The highest BCUT2D eigenvalue weighted by Gasteiger charge is 2.41. The predicted octanol–water partition coefficient (Wildman–Crippen LogP) is 3.29. The number of carbonyl (C=O) groups is 3. The van der Waals surface area contributed by atoms with Crippen LogP contribution in [0.1, 0.15) is 77.1 Å². The number of hydrogen-bond acceptors (Lipinski definition) is 8. The number of anilines is 2. The molecule has 2 aromatic carbocycles. The summed E-state index contributed by atoms with van der Waals surface area (Å²) in [6.45, 7) is 4.72. The van der Waals surface area contributed by atoms with E-state index >= 15 is 0 Å². The molecule has 3 aromatic rings. The fourth-order valence-corrected chi connectivity index (χ4v) is 7.43. The van der Waals surface area contributed by atoms with Crippen LogP contribution in [0.3, 0.4) is 0 Å². The number of amides is 3. The molecule has 3 amide bonds. The zero-order valence-electron chi connectivity index (χ0n) is 25.5. The first-order valence-corrected chi connectivity index (χ1v) is 16.0. The number of nitrogens with zero attached hydrogens (tertiary/aromatic N) is 4. The van der Waals surface area contributed by atoms with Crippen LogP contribution in [-0.4, -0.2) is 69.8 Å². The van der Waals surface area contributed by atoms with E-state index in [2.05, 4.69) is 50.4 Å². The van der Waals surface area contributed by atoms with Crippen LogP contribution in [0.25, 0.3) is 0 Å². The number of likely N-dealkylation sites (tertiary alicyclic amines) is 1. The van der Waals surface area contributed by atoms with Gasteiger partial charge in [-0.2, -0.15) is 0 Å². The summed E-state index contributed by atoms with van der Waals surface area (Å²) in [5.41, 5.74) is 10.8. The normalized spacial score (nSPS) is 22.4. The highest BCUT2D eigenvalue weighted by atomic mass is 16.3. The van der Waals surface area contributed by atoms with Crippen molar-refractivity contribution in [1.29, 1.82) is 0 Å². The van der Waals surface area contributed by atoms with Gasteiger partial charge in [-0.15, -0.1) is 0 Å². The zero-order chi connectivity index (χ0) is 31.1. The van der Waals surface area contributed by atoms with Gasteiger partial charge in [0.15, 0.2) is 0 Å². The van der Waals surface area contributed by atoms with Crippen LogP contribution < -0.4 is 16.0 Å². The molecule has 0 saturated carbocycles. The van der Waals surface area contributed by atoms with Crippen LogP contribution in [0.5, 0.6) is 0 Å². The molecular formula is C35H40N6O4. The van der Waals surface area contributed by atoms with Crippen LogP contribution in [0.4, 0.5) is 11.5 Å². The van der Waals surface area contributed by atoms with Gasteiger partial charge in [-0.05, 0) is 84.5 Å². The molecule has 5 heterocycles. The number of carbonyl (C=O) groups excluding carboxylic acids is 3. The first kappa shape index (κ1) is 29.4. The number of piperidine rings is 3. The lowest BCUT2D eigenvalue weighted by molar-refractivity contribution is -0.136. The van der Waals surface area contributed by atoms with E-state index in [0.717, 1.165) is 56.7 Å². The first-order valence-electron chi connectivity index (χ1n) is 16.0. The molecule has 0 radical (unpaired) electrons. The Balaban J connectivity index is 0.921. The van der Waals surface area contributed by atoms with Gasteiger partial charge in [0.1, 0.15) is 11.9 Å². The molecule has 1 aromatic heterocycles. The number of pyridine rings is 1. The Bertz CT molecular complexity index is 1590. The topological polar surface area (TPSA) is 132 Å². The summed E-state index contributed by atoms with van der Waals surface area (Å²) in [5.74, 6) is 0.183. The molecule has 0 aliphatic carbocycles. The van der Waals surface area contributed by atoms with Crippen LogP contribution in [0, 0.1) is 0 Å². The maximum Gasteiger partial charge on any atom is 0.255 e. The Morgan fingerprint density at radius 3 is 2.38 bits per heavy atom. The Labute approximate surface area is 263 Å². The first-order chi connectivity index (χ1) is 21.8.